The Morgan fingerprint density at radius 1 is 1.15 bits per heavy atom. The van der Waals surface area contributed by atoms with E-state index >= 15 is 0 Å². The minimum absolute atomic E-state index is 0.173. The van der Waals surface area contributed by atoms with Crippen molar-refractivity contribution in [2.24, 2.45) is 17.8 Å². The van der Waals surface area contributed by atoms with Crippen molar-refractivity contribution < 1.29 is 9.59 Å². The van der Waals surface area contributed by atoms with Crippen LogP contribution in [0.3, 0.4) is 0 Å². The van der Waals surface area contributed by atoms with Gasteiger partial charge in [0.15, 0.2) is 0 Å². The molecule has 3 atom stereocenters. The molecular weight excluding hydrogens is 211 g/mol. The molecule has 0 aromatic heterocycles. The van der Waals surface area contributed by atoms with Crippen molar-refractivity contribution in [1.82, 2.24) is 0 Å². The van der Waals surface area contributed by atoms with Crippen LogP contribution in [0.1, 0.15) is 26.2 Å². The van der Waals surface area contributed by atoms with Gasteiger partial charge in [-0.15, -0.1) is 0 Å². The summed E-state index contributed by atoms with van der Waals surface area (Å²) in [5, 5.41) is -0.850. The lowest BCUT2D eigenvalue weighted by molar-refractivity contribution is -0.127. The molecule has 13 heavy (non-hydrogen) atoms. The molecule has 0 N–H and O–H groups in total. The fourth-order valence-electron chi connectivity index (χ4n) is 2.05. The molecule has 2 nitrogen and oxygen atoms in total. The molecule has 0 aromatic carbocycles. The Bertz CT molecular complexity index is 228. The number of carbonyl (C=O) groups is 2. The second-order valence-corrected chi connectivity index (χ2v) is 4.39. The van der Waals surface area contributed by atoms with Crippen LogP contribution in [0.2, 0.25) is 0 Å². The molecule has 0 aromatic rings. The summed E-state index contributed by atoms with van der Waals surface area (Å²) in [6.07, 6.45) is 2.59. The molecule has 0 amide bonds. The fourth-order valence-corrected chi connectivity index (χ4v) is 2.66. The molecule has 74 valence electrons. The van der Waals surface area contributed by atoms with Gasteiger partial charge in [0.25, 0.3) is 0 Å². The molecule has 4 heteroatoms. The van der Waals surface area contributed by atoms with Gasteiger partial charge in [-0.05, 0) is 42.0 Å². The molecule has 0 radical (unpaired) electrons. The van der Waals surface area contributed by atoms with Gasteiger partial charge < -0.3 is 0 Å². The minimum atomic E-state index is -0.425. The van der Waals surface area contributed by atoms with Gasteiger partial charge in [0, 0.05) is 11.8 Å². The Labute approximate surface area is 87.6 Å². The summed E-state index contributed by atoms with van der Waals surface area (Å²) in [7, 11) is 0. The highest BCUT2D eigenvalue weighted by molar-refractivity contribution is 6.66. The zero-order valence-electron chi connectivity index (χ0n) is 7.43. The number of hydrogen-bond donors (Lipinski definition) is 0. The number of rotatable bonds is 2. The molecular formula is C9H12Cl2O2. The van der Waals surface area contributed by atoms with Crippen LogP contribution >= 0.6 is 23.2 Å². The van der Waals surface area contributed by atoms with Crippen molar-refractivity contribution in [3.63, 3.8) is 0 Å². The monoisotopic (exact) mass is 222 g/mol. The van der Waals surface area contributed by atoms with Gasteiger partial charge >= 0.3 is 0 Å². The van der Waals surface area contributed by atoms with Crippen LogP contribution in [-0.2, 0) is 9.59 Å². The fraction of sp³-hybridized carbons (Fsp3) is 0.778. The van der Waals surface area contributed by atoms with Crippen LogP contribution in [0.4, 0.5) is 0 Å². The summed E-state index contributed by atoms with van der Waals surface area (Å²) in [5.74, 6) is -0.567. The first-order valence-electron chi connectivity index (χ1n) is 4.42. The normalized spacial score (nSPS) is 34.2. The molecule has 0 spiro atoms. The van der Waals surface area contributed by atoms with Crippen LogP contribution < -0.4 is 0 Å². The van der Waals surface area contributed by atoms with Gasteiger partial charge in [-0.2, -0.15) is 0 Å². The summed E-state index contributed by atoms with van der Waals surface area (Å²) in [6.45, 7) is 1.94. The quantitative estimate of drug-likeness (QED) is 0.674. The van der Waals surface area contributed by atoms with E-state index in [1.807, 2.05) is 6.92 Å². The van der Waals surface area contributed by atoms with Crippen molar-refractivity contribution >= 4 is 33.7 Å². The van der Waals surface area contributed by atoms with E-state index < -0.39 is 10.5 Å². The van der Waals surface area contributed by atoms with Crippen molar-refractivity contribution in [1.29, 1.82) is 0 Å². The van der Waals surface area contributed by atoms with Crippen molar-refractivity contribution in [3.05, 3.63) is 0 Å². The lowest BCUT2D eigenvalue weighted by Gasteiger charge is -2.31. The Kier molecular flexibility index (Phi) is 3.74. The highest BCUT2D eigenvalue weighted by Gasteiger charge is 2.38. The Balaban J connectivity index is 2.80. The van der Waals surface area contributed by atoms with Gasteiger partial charge in [0.1, 0.15) is 0 Å². The maximum Gasteiger partial charge on any atom is 0.225 e. The van der Waals surface area contributed by atoms with E-state index in [9.17, 15) is 9.59 Å². The molecule has 1 aliphatic carbocycles. The average Bonchev–Trinajstić information content (AvgIpc) is 2.02. The van der Waals surface area contributed by atoms with E-state index in [2.05, 4.69) is 0 Å². The SMILES string of the molecule is CC1CCCC(C(=O)Cl)C1C(=O)Cl. The van der Waals surface area contributed by atoms with Gasteiger partial charge in [-0.3, -0.25) is 9.59 Å². The molecule has 1 rings (SSSR count). The van der Waals surface area contributed by atoms with E-state index in [-0.39, 0.29) is 17.8 Å². The summed E-state index contributed by atoms with van der Waals surface area (Å²) in [5.41, 5.74) is 0. The summed E-state index contributed by atoms with van der Waals surface area (Å²) < 4.78 is 0. The predicted molar refractivity (Wildman–Crippen MR) is 51.7 cm³/mol. The van der Waals surface area contributed by atoms with Crippen LogP contribution in [0.15, 0.2) is 0 Å². The predicted octanol–water partition coefficient (Wildman–Crippen LogP) is 2.57. The number of carbonyl (C=O) groups excluding carboxylic acids is 2. The van der Waals surface area contributed by atoms with E-state index in [1.54, 1.807) is 0 Å². The van der Waals surface area contributed by atoms with Crippen LogP contribution in [0.25, 0.3) is 0 Å². The standard InChI is InChI=1S/C9H12Cl2O2/c1-5-3-2-4-6(8(10)12)7(5)9(11)13/h5-7H,2-4H2,1H3. The highest BCUT2D eigenvalue weighted by Crippen LogP contribution is 2.37. The zero-order valence-corrected chi connectivity index (χ0v) is 8.94. The molecule has 1 aliphatic rings. The topological polar surface area (TPSA) is 34.1 Å². The molecule has 1 fully saturated rings. The maximum absolute atomic E-state index is 11.1. The lowest BCUT2D eigenvalue weighted by atomic mass is 9.74. The molecule has 1 saturated carbocycles. The first-order chi connectivity index (χ1) is 6.04. The number of halogens is 2. The molecule has 0 heterocycles. The van der Waals surface area contributed by atoms with E-state index in [4.69, 9.17) is 23.2 Å². The van der Waals surface area contributed by atoms with Crippen molar-refractivity contribution in [3.8, 4) is 0 Å². The zero-order chi connectivity index (χ0) is 10.0. The number of hydrogen-bond acceptors (Lipinski definition) is 2. The first kappa shape index (κ1) is 11.0. The van der Waals surface area contributed by atoms with Crippen molar-refractivity contribution in [2.45, 2.75) is 26.2 Å². The Hall–Kier alpha value is -0.0800. The van der Waals surface area contributed by atoms with E-state index in [0.717, 1.165) is 12.8 Å². The van der Waals surface area contributed by atoms with Gasteiger partial charge in [0.05, 0.1) is 0 Å². The first-order valence-corrected chi connectivity index (χ1v) is 5.18. The lowest BCUT2D eigenvalue weighted by Crippen LogP contribution is -2.34. The molecule has 0 aliphatic heterocycles. The summed E-state index contributed by atoms with van der Waals surface area (Å²) >= 11 is 10.9. The van der Waals surface area contributed by atoms with E-state index in [0.29, 0.717) is 6.42 Å². The third-order valence-electron chi connectivity index (χ3n) is 2.77. The highest BCUT2D eigenvalue weighted by atomic mass is 35.5. The van der Waals surface area contributed by atoms with Gasteiger partial charge in [-0.1, -0.05) is 13.3 Å². The molecule has 0 bridgehead atoms. The summed E-state index contributed by atoms with van der Waals surface area (Å²) in [6, 6.07) is 0. The molecule has 0 saturated heterocycles. The third-order valence-corrected chi connectivity index (χ3v) is 3.31. The van der Waals surface area contributed by atoms with E-state index in [1.165, 1.54) is 0 Å². The third kappa shape index (κ3) is 2.44. The second kappa shape index (κ2) is 4.43. The summed E-state index contributed by atoms with van der Waals surface area (Å²) in [4.78, 5) is 22.1. The van der Waals surface area contributed by atoms with Gasteiger partial charge in [-0.25, -0.2) is 0 Å². The Morgan fingerprint density at radius 2 is 1.77 bits per heavy atom. The smallest absolute Gasteiger partial charge is 0.225 e. The largest absolute Gasteiger partial charge is 0.281 e. The average molecular weight is 223 g/mol. The Morgan fingerprint density at radius 3 is 2.15 bits per heavy atom. The second-order valence-electron chi connectivity index (χ2n) is 3.65. The van der Waals surface area contributed by atoms with Crippen LogP contribution in [0.5, 0.6) is 0 Å². The van der Waals surface area contributed by atoms with Crippen LogP contribution in [0, 0.1) is 17.8 Å². The van der Waals surface area contributed by atoms with Gasteiger partial charge in [0.2, 0.25) is 10.5 Å². The van der Waals surface area contributed by atoms with Crippen molar-refractivity contribution in [2.75, 3.05) is 0 Å². The minimum Gasteiger partial charge on any atom is -0.281 e. The maximum atomic E-state index is 11.1. The van der Waals surface area contributed by atoms with Crippen LogP contribution in [-0.4, -0.2) is 10.5 Å². The molecule has 3 unspecified atom stereocenters.